The Labute approximate surface area is 165 Å². The molecule has 4 rings (SSSR count). The molecule has 0 unspecified atom stereocenters. The number of hydrogen-bond donors (Lipinski definition) is 1. The van der Waals surface area contributed by atoms with E-state index < -0.39 is 11.2 Å². The predicted octanol–water partition coefficient (Wildman–Crippen LogP) is 0.403. The van der Waals surface area contributed by atoms with Gasteiger partial charge < -0.3 is 9.80 Å². The fourth-order valence-electron chi connectivity index (χ4n) is 3.25. The van der Waals surface area contributed by atoms with Crippen molar-refractivity contribution in [2.75, 3.05) is 26.2 Å². The van der Waals surface area contributed by atoms with Gasteiger partial charge >= 0.3 is 5.76 Å². The van der Waals surface area contributed by atoms with E-state index in [1.54, 1.807) is 26.5 Å². The van der Waals surface area contributed by atoms with E-state index in [1.807, 2.05) is 20.8 Å². The maximum absolute atomic E-state index is 13.0. The number of nitrogens with zero attached hydrogens (tertiary/aromatic N) is 6. The maximum Gasteiger partial charge on any atom is 0.439 e. The molecule has 0 bridgehead atoms. The zero-order valence-electron chi connectivity index (χ0n) is 16.4. The van der Waals surface area contributed by atoms with Crippen molar-refractivity contribution < 1.29 is 14.1 Å². The van der Waals surface area contributed by atoms with Gasteiger partial charge in [0.05, 0.1) is 6.20 Å². The summed E-state index contributed by atoms with van der Waals surface area (Å²) in [7, 11) is 0. The van der Waals surface area contributed by atoms with Crippen LogP contribution in [0.2, 0.25) is 0 Å². The van der Waals surface area contributed by atoms with Gasteiger partial charge in [-0.2, -0.15) is 0 Å². The predicted molar refractivity (Wildman–Crippen MR) is 101 cm³/mol. The van der Waals surface area contributed by atoms with Gasteiger partial charge in [0.25, 0.3) is 5.91 Å². The fourth-order valence-corrected chi connectivity index (χ4v) is 3.25. The largest absolute Gasteiger partial charge is 0.439 e. The van der Waals surface area contributed by atoms with E-state index in [4.69, 9.17) is 0 Å². The SMILES string of the molecule is CC(C)(C)C(=O)N1CCN(C(=O)c2cnc3nc(-c4noc(=O)[nH]4)ccn23)CC1. The Hall–Kier alpha value is -3.50. The lowest BCUT2D eigenvalue weighted by molar-refractivity contribution is -0.140. The van der Waals surface area contributed by atoms with E-state index in [-0.39, 0.29) is 17.6 Å². The lowest BCUT2D eigenvalue weighted by atomic mass is 9.94. The van der Waals surface area contributed by atoms with Gasteiger partial charge in [-0.25, -0.2) is 14.8 Å². The molecule has 0 saturated carbocycles. The molecule has 1 aliphatic heterocycles. The molecule has 29 heavy (non-hydrogen) atoms. The molecule has 1 N–H and O–H groups in total. The number of carbonyl (C=O) groups excluding carboxylic acids is 2. The van der Waals surface area contributed by atoms with Crippen molar-refractivity contribution in [2.45, 2.75) is 20.8 Å². The second-order valence-corrected chi connectivity index (χ2v) is 7.90. The third-order valence-electron chi connectivity index (χ3n) is 4.78. The fraction of sp³-hybridized carbons (Fsp3) is 0.444. The van der Waals surface area contributed by atoms with Gasteiger partial charge in [0.15, 0.2) is 0 Å². The van der Waals surface area contributed by atoms with E-state index in [0.717, 1.165) is 0 Å². The quantitative estimate of drug-likeness (QED) is 0.660. The van der Waals surface area contributed by atoms with Crippen molar-refractivity contribution in [3.8, 4) is 11.5 Å². The highest BCUT2D eigenvalue weighted by Gasteiger charge is 2.31. The summed E-state index contributed by atoms with van der Waals surface area (Å²) in [4.78, 5) is 50.9. The minimum absolute atomic E-state index is 0.0852. The number of aromatic nitrogens is 5. The van der Waals surface area contributed by atoms with Gasteiger partial charge in [-0.15, -0.1) is 0 Å². The summed E-state index contributed by atoms with van der Waals surface area (Å²) < 4.78 is 6.06. The van der Waals surface area contributed by atoms with Crippen molar-refractivity contribution in [3.05, 3.63) is 34.7 Å². The monoisotopic (exact) mass is 399 g/mol. The molecule has 0 aliphatic carbocycles. The first kappa shape index (κ1) is 18.8. The Morgan fingerprint density at radius 2 is 1.83 bits per heavy atom. The summed E-state index contributed by atoms with van der Waals surface area (Å²) in [6, 6.07) is 1.61. The standard InChI is InChI=1S/C18H21N7O4/c1-18(2,3)15(27)24-8-6-23(7-9-24)14(26)12-10-19-16-20-11(4-5-25(12)16)13-21-17(28)29-22-13/h4-5,10H,6-9H2,1-3H3,(H,21,22,28). The van der Waals surface area contributed by atoms with Crippen molar-refractivity contribution in [1.82, 2.24) is 34.3 Å². The number of rotatable bonds is 2. The average molecular weight is 399 g/mol. The Morgan fingerprint density at radius 3 is 2.45 bits per heavy atom. The highest BCUT2D eigenvalue weighted by atomic mass is 16.5. The molecule has 152 valence electrons. The number of nitrogens with one attached hydrogen (secondary N) is 1. The summed E-state index contributed by atoms with van der Waals surface area (Å²) in [5, 5.41) is 3.60. The smallest absolute Gasteiger partial charge is 0.339 e. The summed E-state index contributed by atoms with van der Waals surface area (Å²) >= 11 is 0. The van der Waals surface area contributed by atoms with E-state index >= 15 is 0 Å². The topological polar surface area (TPSA) is 130 Å². The Bertz CT molecular complexity index is 1130. The molecule has 1 saturated heterocycles. The van der Waals surface area contributed by atoms with Crippen molar-refractivity contribution in [1.29, 1.82) is 0 Å². The molecule has 1 fully saturated rings. The van der Waals surface area contributed by atoms with Gasteiger partial charge in [-0.05, 0) is 6.07 Å². The van der Waals surface area contributed by atoms with Crippen LogP contribution >= 0.6 is 0 Å². The first-order valence-corrected chi connectivity index (χ1v) is 9.23. The molecule has 11 nitrogen and oxygen atoms in total. The van der Waals surface area contributed by atoms with Crippen LogP contribution in [0.15, 0.2) is 27.8 Å². The second kappa shape index (κ2) is 6.83. The minimum atomic E-state index is -0.676. The number of amides is 2. The number of piperazine rings is 1. The molecular formula is C18H21N7O4. The summed E-state index contributed by atoms with van der Waals surface area (Å²) in [5.41, 5.74) is 0.316. The number of H-pyrrole nitrogens is 1. The summed E-state index contributed by atoms with van der Waals surface area (Å²) in [6.07, 6.45) is 3.11. The van der Waals surface area contributed by atoms with Crippen LogP contribution in [0.5, 0.6) is 0 Å². The van der Waals surface area contributed by atoms with Crippen LogP contribution in [0.4, 0.5) is 0 Å². The lowest BCUT2D eigenvalue weighted by Gasteiger charge is -2.37. The average Bonchev–Trinajstić information content (AvgIpc) is 3.32. The first-order valence-electron chi connectivity index (χ1n) is 9.23. The van der Waals surface area contributed by atoms with Gasteiger partial charge in [0.1, 0.15) is 11.4 Å². The molecule has 11 heteroatoms. The number of imidazole rings is 1. The first-order chi connectivity index (χ1) is 13.7. The molecule has 0 radical (unpaired) electrons. The molecule has 3 aromatic rings. The third kappa shape index (κ3) is 3.50. The summed E-state index contributed by atoms with van der Waals surface area (Å²) in [5.74, 6) is -0.277. The van der Waals surface area contributed by atoms with Gasteiger partial charge in [-0.1, -0.05) is 25.9 Å². The van der Waals surface area contributed by atoms with E-state index in [0.29, 0.717) is 43.3 Å². The number of carbonyl (C=O) groups is 2. The van der Waals surface area contributed by atoms with Crippen LogP contribution in [0.1, 0.15) is 31.3 Å². The maximum atomic E-state index is 13.0. The molecular weight excluding hydrogens is 378 g/mol. The van der Waals surface area contributed by atoms with Crippen LogP contribution in [0, 0.1) is 5.41 Å². The Kier molecular flexibility index (Phi) is 4.44. The van der Waals surface area contributed by atoms with Crippen LogP contribution in [-0.2, 0) is 4.79 Å². The van der Waals surface area contributed by atoms with Crippen molar-refractivity contribution >= 4 is 17.6 Å². The van der Waals surface area contributed by atoms with Gasteiger partial charge in [-0.3, -0.25) is 23.5 Å². The zero-order chi connectivity index (χ0) is 20.8. The highest BCUT2D eigenvalue weighted by molar-refractivity contribution is 5.93. The zero-order valence-corrected chi connectivity index (χ0v) is 16.4. The third-order valence-corrected chi connectivity index (χ3v) is 4.78. The van der Waals surface area contributed by atoms with Crippen LogP contribution in [0.25, 0.3) is 17.3 Å². The molecule has 0 aromatic carbocycles. The number of aromatic amines is 1. The van der Waals surface area contributed by atoms with Crippen molar-refractivity contribution in [2.24, 2.45) is 5.41 Å². The van der Waals surface area contributed by atoms with E-state index in [2.05, 4.69) is 24.6 Å². The molecule has 1 aliphatic rings. The Balaban J connectivity index is 1.51. The van der Waals surface area contributed by atoms with Crippen LogP contribution in [-0.4, -0.2) is 72.3 Å². The van der Waals surface area contributed by atoms with Crippen molar-refractivity contribution in [3.63, 3.8) is 0 Å². The van der Waals surface area contributed by atoms with Gasteiger partial charge in [0, 0.05) is 37.8 Å². The van der Waals surface area contributed by atoms with E-state index in [9.17, 15) is 14.4 Å². The number of fused-ring (bicyclic) bond motifs is 1. The van der Waals surface area contributed by atoms with Gasteiger partial charge in [0.2, 0.25) is 17.5 Å². The van der Waals surface area contributed by atoms with E-state index in [1.165, 1.54) is 6.20 Å². The van der Waals surface area contributed by atoms with Crippen LogP contribution in [0.3, 0.4) is 0 Å². The highest BCUT2D eigenvalue weighted by Crippen LogP contribution is 2.20. The minimum Gasteiger partial charge on any atom is -0.339 e. The Morgan fingerprint density at radius 1 is 1.14 bits per heavy atom. The van der Waals surface area contributed by atoms with Crippen LogP contribution < -0.4 is 5.76 Å². The second-order valence-electron chi connectivity index (χ2n) is 7.90. The molecule has 0 spiro atoms. The molecule has 3 aromatic heterocycles. The lowest BCUT2D eigenvalue weighted by Crippen LogP contribution is -2.53. The molecule has 4 heterocycles. The molecule has 2 amide bonds. The number of hydrogen-bond acceptors (Lipinski definition) is 7. The normalized spacial score (nSPS) is 15.1. The summed E-state index contributed by atoms with van der Waals surface area (Å²) in [6.45, 7) is 7.59. The molecule has 0 atom stereocenters.